The van der Waals surface area contributed by atoms with Gasteiger partial charge in [0, 0.05) is 51.0 Å². The van der Waals surface area contributed by atoms with Crippen LogP contribution < -0.4 is 4.90 Å². The summed E-state index contributed by atoms with van der Waals surface area (Å²) in [5, 5.41) is 9.15. The minimum Gasteiger partial charge on any atom is -0.392 e. The average molecular weight is 210 g/mol. The second-order valence-corrected chi connectivity index (χ2v) is 3.43. The number of ether oxygens (including phenoxy) is 1. The minimum absolute atomic E-state index is 0.0256. The Bertz CT molecular complexity index is 292. The van der Waals surface area contributed by atoms with Crippen LogP contribution in [0.5, 0.6) is 0 Å². The summed E-state index contributed by atoms with van der Waals surface area (Å²) in [4.78, 5) is 6.09. The van der Waals surface area contributed by atoms with Gasteiger partial charge in [0.15, 0.2) is 0 Å². The normalized spacial score (nSPS) is 10.3. The van der Waals surface area contributed by atoms with E-state index in [1.807, 2.05) is 13.1 Å². The van der Waals surface area contributed by atoms with E-state index in [2.05, 4.69) is 9.88 Å². The van der Waals surface area contributed by atoms with Crippen molar-refractivity contribution in [2.45, 2.75) is 13.0 Å². The standard InChI is InChI=1S/C11H18N2O2/c1-13(6-3-7-15-2)11-4-5-12-8-10(11)9-14/h4-5,8,14H,3,6-7,9H2,1-2H3. The molecule has 0 amide bonds. The van der Waals surface area contributed by atoms with Crippen molar-refractivity contribution in [1.82, 2.24) is 4.98 Å². The van der Waals surface area contributed by atoms with Crippen molar-refractivity contribution in [2.75, 3.05) is 32.2 Å². The Kier molecular flexibility index (Phi) is 5.07. The molecule has 0 radical (unpaired) electrons. The molecule has 84 valence electrons. The maximum atomic E-state index is 9.15. The SMILES string of the molecule is COCCCN(C)c1ccncc1CO. The molecule has 0 atom stereocenters. The maximum absolute atomic E-state index is 9.15. The second kappa shape index (κ2) is 6.37. The van der Waals surface area contributed by atoms with E-state index in [0.717, 1.165) is 30.8 Å². The number of aromatic nitrogens is 1. The van der Waals surface area contributed by atoms with E-state index in [0.29, 0.717) is 0 Å². The first-order chi connectivity index (χ1) is 7.29. The first-order valence-electron chi connectivity index (χ1n) is 5.03. The van der Waals surface area contributed by atoms with Crippen molar-refractivity contribution in [2.24, 2.45) is 0 Å². The van der Waals surface area contributed by atoms with Gasteiger partial charge in [-0.25, -0.2) is 0 Å². The molecule has 1 heterocycles. The van der Waals surface area contributed by atoms with Crippen LogP contribution in [0.3, 0.4) is 0 Å². The van der Waals surface area contributed by atoms with Gasteiger partial charge in [-0.3, -0.25) is 4.98 Å². The largest absolute Gasteiger partial charge is 0.392 e. The zero-order valence-electron chi connectivity index (χ0n) is 9.31. The van der Waals surface area contributed by atoms with E-state index in [9.17, 15) is 0 Å². The smallest absolute Gasteiger partial charge is 0.0717 e. The van der Waals surface area contributed by atoms with Gasteiger partial charge in [-0.15, -0.1) is 0 Å². The van der Waals surface area contributed by atoms with Gasteiger partial charge in [-0.05, 0) is 12.5 Å². The van der Waals surface area contributed by atoms with Crippen molar-refractivity contribution < 1.29 is 9.84 Å². The van der Waals surface area contributed by atoms with E-state index in [1.165, 1.54) is 0 Å². The third-order valence-electron chi connectivity index (χ3n) is 2.30. The molecule has 1 aromatic rings. The van der Waals surface area contributed by atoms with Crippen molar-refractivity contribution in [1.29, 1.82) is 0 Å². The lowest BCUT2D eigenvalue weighted by Crippen LogP contribution is -2.21. The Labute approximate surface area is 90.5 Å². The molecule has 0 spiro atoms. The van der Waals surface area contributed by atoms with Crippen LogP contribution in [0.2, 0.25) is 0 Å². The molecular weight excluding hydrogens is 192 g/mol. The summed E-state index contributed by atoms with van der Waals surface area (Å²) in [7, 11) is 3.70. The van der Waals surface area contributed by atoms with Crippen LogP contribution in [0.1, 0.15) is 12.0 Å². The van der Waals surface area contributed by atoms with E-state index in [1.54, 1.807) is 19.5 Å². The topological polar surface area (TPSA) is 45.6 Å². The molecule has 4 nitrogen and oxygen atoms in total. The average Bonchev–Trinajstić information content (AvgIpc) is 2.29. The van der Waals surface area contributed by atoms with Crippen LogP contribution in [0.4, 0.5) is 5.69 Å². The Hall–Kier alpha value is -1.13. The lowest BCUT2D eigenvalue weighted by Gasteiger charge is -2.21. The Morgan fingerprint density at radius 2 is 2.33 bits per heavy atom. The molecule has 0 saturated heterocycles. The fourth-order valence-corrected chi connectivity index (χ4v) is 1.48. The third kappa shape index (κ3) is 3.49. The number of hydrogen-bond acceptors (Lipinski definition) is 4. The van der Waals surface area contributed by atoms with Crippen LogP contribution in [0, 0.1) is 0 Å². The van der Waals surface area contributed by atoms with Gasteiger partial charge in [0.05, 0.1) is 6.61 Å². The van der Waals surface area contributed by atoms with Crippen LogP contribution in [-0.4, -0.2) is 37.4 Å². The molecule has 0 aromatic carbocycles. The predicted octanol–water partition coefficient (Wildman–Crippen LogP) is 1.05. The molecule has 1 aromatic heterocycles. The number of methoxy groups -OCH3 is 1. The molecule has 0 saturated carbocycles. The molecule has 0 unspecified atom stereocenters. The number of pyridine rings is 1. The summed E-state index contributed by atoms with van der Waals surface area (Å²) < 4.78 is 5.00. The minimum atomic E-state index is 0.0256. The Balaban J connectivity index is 2.59. The highest BCUT2D eigenvalue weighted by Crippen LogP contribution is 2.17. The maximum Gasteiger partial charge on any atom is 0.0717 e. The molecule has 4 heteroatoms. The summed E-state index contributed by atoms with van der Waals surface area (Å²) in [6.45, 7) is 1.69. The van der Waals surface area contributed by atoms with Gasteiger partial charge >= 0.3 is 0 Å². The molecule has 0 fully saturated rings. The van der Waals surface area contributed by atoms with Crippen LogP contribution in [0.15, 0.2) is 18.5 Å². The number of aliphatic hydroxyl groups excluding tert-OH is 1. The Morgan fingerprint density at radius 3 is 3.00 bits per heavy atom. The van der Waals surface area contributed by atoms with E-state index in [4.69, 9.17) is 9.84 Å². The van der Waals surface area contributed by atoms with Gasteiger partial charge in [-0.2, -0.15) is 0 Å². The summed E-state index contributed by atoms with van der Waals surface area (Å²) in [6.07, 6.45) is 4.41. The highest BCUT2D eigenvalue weighted by Gasteiger charge is 2.05. The van der Waals surface area contributed by atoms with E-state index in [-0.39, 0.29) is 6.61 Å². The van der Waals surface area contributed by atoms with Crippen molar-refractivity contribution in [3.8, 4) is 0 Å². The van der Waals surface area contributed by atoms with Crippen molar-refractivity contribution in [3.63, 3.8) is 0 Å². The van der Waals surface area contributed by atoms with E-state index < -0.39 is 0 Å². The van der Waals surface area contributed by atoms with E-state index >= 15 is 0 Å². The lowest BCUT2D eigenvalue weighted by molar-refractivity contribution is 0.196. The summed E-state index contributed by atoms with van der Waals surface area (Å²) >= 11 is 0. The van der Waals surface area contributed by atoms with Gasteiger partial charge in [0.1, 0.15) is 0 Å². The first-order valence-corrected chi connectivity index (χ1v) is 5.03. The third-order valence-corrected chi connectivity index (χ3v) is 2.30. The summed E-state index contributed by atoms with van der Waals surface area (Å²) in [6, 6.07) is 1.92. The first kappa shape index (κ1) is 11.9. The molecule has 1 rings (SSSR count). The van der Waals surface area contributed by atoms with Gasteiger partial charge < -0.3 is 14.7 Å². The van der Waals surface area contributed by atoms with Crippen LogP contribution >= 0.6 is 0 Å². The fourth-order valence-electron chi connectivity index (χ4n) is 1.48. The molecule has 0 aliphatic rings. The summed E-state index contributed by atoms with van der Waals surface area (Å²) in [5.41, 5.74) is 1.89. The molecule has 1 N–H and O–H groups in total. The number of nitrogens with zero attached hydrogens (tertiary/aromatic N) is 2. The lowest BCUT2D eigenvalue weighted by atomic mass is 10.2. The van der Waals surface area contributed by atoms with Crippen molar-refractivity contribution >= 4 is 5.69 Å². The molecular formula is C11H18N2O2. The van der Waals surface area contributed by atoms with Gasteiger partial charge in [-0.1, -0.05) is 0 Å². The molecule has 0 bridgehead atoms. The summed E-state index contributed by atoms with van der Waals surface area (Å²) in [5.74, 6) is 0. The monoisotopic (exact) mass is 210 g/mol. The van der Waals surface area contributed by atoms with Crippen molar-refractivity contribution in [3.05, 3.63) is 24.0 Å². The van der Waals surface area contributed by atoms with Gasteiger partial charge in [0.25, 0.3) is 0 Å². The number of anilines is 1. The Morgan fingerprint density at radius 1 is 1.53 bits per heavy atom. The zero-order chi connectivity index (χ0) is 11.1. The van der Waals surface area contributed by atoms with Gasteiger partial charge in [0.2, 0.25) is 0 Å². The number of hydrogen-bond donors (Lipinski definition) is 1. The zero-order valence-corrected chi connectivity index (χ0v) is 9.31. The van der Waals surface area contributed by atoms with Crippen LogP contribution in [0.25, 0.3) is 0 Å². The highest BCUT2D eigenvalue weighted by molar-refractivity contribution is 5.51. The quantitative estimate of drug-likeness (QED) is 0.713. The highest BCUT2D eigenvalue weighted by atomic mass is 16.5. The number of aliphatic hydroxyl groups is 1. The molecule has 0 aliphatic heterocycles. The second-order valence-electron chi connectivity index (χ2n) is 3.43. The van der Waals surface area contributed by atoms with Crippen LogP contribution in [-0.2, 0) is 11.3 Å². The molecule has 0 aliphatic carbocycles. The number of rotatable bonds is 6. The predicted molar refractivity (Wildman–Crippen MR) is 59.9 cm³/mol. The fraction of sp³-hybridized carbons (Fsp3) is 0.545. The molecule has 15 heavy (non-hydrogen) atoms.